The first kappa shape index (κ1) is 16.6. The van der Waals surface area contributed by atoms with Gasteiger partial charge in [0.2, 0.25) is 5.91 Å². The zero-order valence-corrected chi connectivity index (χ0v) is 13.9. The Morgan fingerprint density at radius 3 is 2.42 bits per heavy atom. The first-order valence-electron chi connectivity index (χ1n) is 8.52. The van der Waals surface area contributed by atoms with Crippen LogP contribution in [-0.4, -0.2) is 29.7 Å². The summed E-state index contributed by atoms with van der Waals surface area (Å²) in [5.41, 5.74) is 0.605. The summed E-state index contributed by atoms with van der Waals surface area (Å²) in [6.07, 6.45) is 3.21. The summed E-state index contributed by atoms with van der Waals surface area (Å²) in [4.78, 5) is 25.8. The zero-order chi connectivity index (χ0) is 17.1. The van der Waals surface area contributed by atoms with Crippen LogP contribution in [0.5, 0.6) is 0 Å². The normalized spacial score (nSPS) is 15.7. The molecule has 0 aliphatic carbocycles. The van der Waals surface area contributed by atoms with Crippen molar-refractivity contribution in [2.45, 2.75) is 32.6 Å². The van der Waals surface area contributed by atoms with Crippen molar-refractivity contribution in [3.8, 4) is 0 Å². The fourth-order valence-electron chi connectivity index (χ4n) is 3.51. The lowest BCUT2D eigenvalue weighted by atomic mass is 9.89. The minimum atomic E-state index is -0.293. The average molecular weight is 327 g/mol. The van der Waals surface area contributed by atoms with Gasteiger partial charge in [0.1, 0.15) is 5.82 Å². The second kappa shape index (κ2) is 7.12. The smallest absolute Gasteiger partial charge is 0.219 e. The fraction of sp³-hybridized carbons (Fsp3) is 0.400. The molecule has 3 nitrogen and oxygen atoms in total. The predicted molar refractivity (Wildman–Crippen MR) is 92.4 cm³/mol. The second-order valence-corrected chi connectivity index (χ2v) is 6.55. The standard InChI is InChI=1S/C20H22FNO2/c1-14(23)22-12-10-15(11-13-22)6-9-20(24)18-7-8-19(21)17-5-3-2-4-16(17)18/h2-5,7-8,15H,6,9-13H2,1H3. The number of hydrogen-bond donors (Lipinski definition) is 0. The largest absolute Gasteiger partial charge is 0.343 e. The molecule has 1 heterocycles. The molecule has 0 N–H and O–H groups in total. The molecule has 1 aliphatic rings. The van der Waals surface area contributed by atoms with E-state index >= 15 is 0 Å². The molecule has 0 bridgehead atoms. The SMILES string of the molecule is CC(=O)N1CCC(CCC(=O)c2ccc(F)c3ccccc23)CC1. The van der Waals surface area contributed by atoms with Crippen molar-refractivity contribution in [2.24, 2.45) is 5.92 Å². The zero-order valence-electron chi connectivity index (χ0n) is 13.9. The first-order valence-corrected chi connectivity index (χ1v) is 8.52. The van der Waals surface area contributed by atoms with Crippen molar-refractivity contribution in [3.05, 3.63) is 47.8 Å². The third-order valence-electron chi connectivity index (χ3n) is 5.01. The Balaban J connectivity index is 1.64. The van der Waals surface area contributed by atoms with Gasteiger partial charge in [-0.2, -0.15) is 0 Å². The van der Waals surface area contributed by atoms with Gasteiger partial charge in [-0.1, -0.05) is 24.3 Å². The number of piperidine rings is 1. The number of amides is 1. The molecule has 24 heavy (non-hydrogen) atoms. The number of nitrogens with zero attached hydrogens (tertiary/aromatic N) is 1. The molecule has 1 aliphatic heterocycles. The maximum Gasteiger partial charge on any atom is 0.219 e. The molecule has 0 radical (unpaired) electrons. The van der Waals surface area contributed by atoms with E-state index < -0.39 is 0 Å². The van der Waals surface area contributed by atoms with Gasteiger partial charge in [-0.3, -0.25) is 9.59 Å². The number of hydrogen-bond acceptors (Lipinski definition) is 2. The van der Waals surface area contributed by atoms with E-state index in [4.69, 9.17) is 0 Å². The van der Waals surface area contributed by atoms with E-state index in [1.807, 2.05) is 11.0 Å². The van der Waals surface area contributed by atoms with Crippen LogP contribution in [0.25, 0.3) is 10.8 Å². The number of fused-ring (bicyclic) bond motifs is 1. The highest BCUT2D eigenvalue weighted by molar-refractivity contribution is 6.08. The summed E-state index contributed by atoms with van der Waals surface area (Å²) < 4.78 is 13.9. The van der Waals surface area contributed by atoms with Crippen molar-refractivity contribution in [1.82, 2.24) is 4.90 Å². The molecule has 0 saturated carbocycles. The Kier molecular flexibility index (Phi) is 4.93. The molecule has 2 aromatic carbocycles. The summed E-state index contributed by atoms with van der Waals surface area (Å²) in [5.74, 6) is 0.387. The Morgan fingerprint density at radius 1 is 1.08 bits per heavy atom. The molecule has 1 amide bonds. The number of ketones is 1. The quantitative estimate of drug-likeness (QED) is 0.789. The van der Waals surface area contributed by atoms with Gasteiger partial charge in [0.05, 0.1) is 0 Å². The van der Waals surface area contributed by atoms with E-state index in [0.717, 1.165) is 32.4 Å². The average Bonchev–Trinajstić information content (AvgIpc) is 2.60. The second-order valence-electron chi connectivity index (χ2n) is 6.55. The maximum absolute atomic E-state index is 13.9. The van der Waals surface area contributed by atoms with Gasteiger partial charge in [-0.15, -0.1) is 0 Å². The van der Waals surface area contributed by atoms with Crippen LogP contribution in [0.1, 0.15) is 43.0 Å². The van der Waals surface area contributed by atoms with Crippen LogP contribution in [-0.2, 0) is 4.79 Å². The van der Waals surface area contributed by atoms with Gasteiger partial charge in [0.25, 0.3) is 0 Å². The molecule has 3 rings (SSSR count). The number of carbonyl (C=O) groups is 2. The summed E-state index contributed by atoms with van der Waals surface area (Å²) in [5, 5.41) is 1.19. The number of Topliss-reactive ketones (excluding diaryl/α,β-unsaturated/α-hetero) is 1. The van der Waals surface area contributed by atoms with Crippen LogP contribution in [0, 0.1) is 11.7 Å². The van der Waals surface area contributed by atoms with Crippen molar-refractivity contribution < 1.29 is 14.0 Å². The molecule has 0 unspecified atom stereocenters. The topological polar surface area (TPSA) is 37.4 Å². The highest BCUT2D eigenvalue weighted by Crippen LogP contribution is 2.26. The Labute approximate surface area is 141 Å². The van der Waals surface area contributed by atoms with E-state index in [2.05, 4.69) is 0 Å². The third-order valence-corrected chi connectivity index (χ3v) is 5.01. The maximum atomic E-state index is 13.9. The van der Waals surface area contributed by atoms with Crippen molar-refractivity contribution in [3.63, 3.8) is 0 Å². The van der Waals surface area contributed by atoms with Crippen molar-refractivity contribution in [1.29, 1.82) is 0 Å². The molecule has 2 aromatic rings. The number of likely N-dealkylation sites (tertiary alicyclic amines) is 1. The fourth-order valence-corrected chi connectivity index (χ4v) is 3.51. The van der Waals surface area contributed by atoms with Crippen LogP contribution < -0.4 is 0 Å². The lowest BCUT2D eigenvalue weighted by Gasteiger charge is -2.31. The molecule has 1 fully saturated rings. The lowest BCUT2D eigenvalue weighted by molar-refractivity contribution is -0.130. The molecular weight excluding hydrogens is 305 g/mol. The number of carbonyl (C=O) groups excluding carboxylic acids is 2. The number of halogens is 1. The van der Waals surface area contributed by atoms with Crippen LogP contribution in [0.2, 0.25) is 0 Å². The molecule has 1 saturated heterocycles. The molecule has 126 valence electrons. The van der Waals surface area contributed by atoms with Gasteiger partial charge in [0, 0.05) is 37.4 Å². The van der Waals surface area contributed by atoms with E-state index in [1.54, 1.807) is 31.2 Å². The minimum Gasteiger partial charge on any atom is -0.343 e. The summed E-state index contributed by atoms with van der Waals surface area (Å²) in [7, 11) is 0. The van der Waals surface area contributed by atoms with Gasteiger partial charge in [0.15, 0.2) is 5.78 Å². The third kappa shape index (κ3) is 3.48. The molecule has 0 spiro atoms. The van der Waals surface area contributed by atoms with Crippen molar-refractivity contribution >= 4 is 22.5 Å². The van der Waals surface area contributed by atoms with E-state index in [0.29, 0.717) is 28.7 Å². The number of benzene rings is 2. The van der Waals surface area contributed by atoms with E-state index in [1.165, 1.54) is 6.07 Å². The highest BCUT2D eigenvalue weighted by atomic mass is 19.1. The van der Waals surface area contributed by atoms with E-state index in [9.17, 15) is 14.0 Å². The van der Waals surface area contributed by atoms with Crippen LogP contribution in [0.3, 0.4) is 0 Å². The lowest BCUT2D eigenvalue weighted by Crippen LogP contribution is -2.37. The summed E-state index contributed by atoms with van der Waals surface area (Å²) in [6.45, 7) is 3.17. The van der Waals surface area contributed by atoms with Gasteiger partial charge >= 0.3 is 0 Å². The summed E-state index contributed by atoms with van der Waals surface area (Å²) >= 11 is 0. The molecular formula is C20H22FNO2. The molecule has 0 atom stereocenters. The Morgan fingerprint density at radius 2 is 1.75 bits per heavy atom. The van der Waals surface area contributed by atoms with Crippen LogP contribution in [0.15, 0.2) is 36.4 Å². The van der Waals surface area contributed by atoms with Crippen molar-refractivity contribution in [2.75, 3.05) is 13.1 Å². The minimum absolute atomic E-state index is 0.0696. The first-order chi connectivity index (χ1) is 11.6. The van der Waals surface area contributed by atoms with E-state index in [-0.39, 0.29) is 17.5 Å². The highest BCUT2D eigenvalue weighted by Gasteiger charge is 2.22. The van der Waals surface area contributed by atoms with Gasteiger partial charge in [-0.05, 0) is 42.7 Å². The number of rotatable bonds is 4. The van der Waals surface area contributed by atoms with Crippen LogP contribution >= 0.6 is 0 Å². The Hall–Kier alpha value is -2.23. The van der Waals surface area contributed by atoms with Crippen LogP contribution in [0.4, 0.5) is 4.39 Å². The molecule has 0 aromatic heterocycles. The predicted octanol–water partition coefficient (Wildman–Crippen LogP) is 4.20. The van der Waals surface area contributed by atoms with Gasteiger partial charge in [-0.25, -0.2) is 4.39 Å². The van der Waals surface area contributed by atoms with Gasteiger partial charge < -0.3 is 4.90 Å². The monoisotopic (exact) mass is 327 g/mol. The summed E-state index contributed by atoms with van der Waals surface area (Å²) in [6, 6.07) is 10.1. The molecule has 4 heteroatoms. The Bertz CT molecular complexity index is 763.